The predicted octanol–water partition coefficient (Wildman–Crippen LogP) is 3.85. The monoisotopic (exact) mass is 268 g/mol. The van der Waals surface area contributed by atoms with Gasteiger partial charge in [-0.1, -0.05) is 11.6 Å². The fourth-order valence-corrected chi connectivity index (χ4v) is 1.67. The average Bonchev–Trinajstić information content (AvgIpc) is 2.09. The first-order valence-electron chi connectivity index (χ1n) is 3.27. The maximum Gasteiger partial charge on any atom is 0.138 e. The molecule has 0 aliphatic rings. The molecule has 0 aliphatic heterocycles. The van der Waals surface area contributed by atoms with Gasteiger partial charge in [-0.2, -0.15) is 0 Å². The number of methoxy groups -OCH3 is 1. The van der Waals surface area contributed by atoms with Crippen molar-refractivity contribution >= 4 is 39.1 Å². The van der Waals surface area contributed by atoms with E-state index in [-0.39, 0.29) is 0 Å². The van der Waals surface area contributed by atoms with Crippen molar-refractivity contribution in [2.75, 3.05) is 7.11 Å². The molecule has 0 fully saturated rings. The molecule has 0 aromatic heterocycles. The molecule has 1 aromatic carbocycles. The molecule has 0 heterocycles. The number of ether oxygens (including phenoxy) is 1. The normalized spacial score (nSPS) is 10.0. The molecule has 0 radical (unpaired) electrons. The summed E-state index contributed by atoms with van der Waals surface area (Å²) < 4.78 is 5.85. The fraction of sp³-hybridized carbons (Fsp3) is 0.250. The topological polar surface area (TPSA) is 9.23 Å². The van der Waals surface area contributed by atoms with Crippen molar-refractivity contribution in [2.45, 2.75) is 5.88 Å². The molecular formula is C8H7BrCl2O. The first kappa shape index (κ1) is 10.2. The Hall–Kier alpha value is 0.0800. The number of rotatable bonds is 2. The van der Waals surface area contributed by atoms with Crippen LogP contribution in [0.1, 0.15) is 5.56 Å². The van der Waals surface area contributed by atoms with Crippen LogP contribution in [0, 0.1) is 0 Å². The van der Waals surface area contributed by atoms with Gasteiger partial charge < -0.3 is 4.74 Å². The van der Waals surface area contributed by atoms with E-state index in [1.54, 1.807) is 7.11 Å². The summed E-state index contributed by atoms with van der Waals surface area (Å²) >= 11 is 14.9. The summed E-state index contributed by atoms with van der Waals surface area (Å²) in [6, 6.07) is 3.69. The summed E-state index contributed by atoms with van der Waals surface area (Å²) in [5.41, 5.74) is 0.977. The Morgan fingerprint density at radius 2 is 2.17 bits per heavy atom. The Kier molecular flexibility index (Phi) is 3.69. The van der Waals surface area contributed by atoms with Crippen molar-refractivity contribution in [3.8, 4) is 5.75 Å². The molecule has 1 nitrogen and oxygen atoms in total. The van der Waals surface area contributed by atoms with Crippen LogP contribution in [0.25, 0.3) is 0 Å². The van der Waals surface area contributed by atoms with Crippen molar-refractivity contribution in [2.24, 2.45) is 0 Å². The second-order valence-corrected chi connectivity index (χ2v) is 3.73. The molecule has 0 bridgehead atoms. The Labute approximate surface area is 89.7 Å². The summed E-state index contributed by atoms with van der Waals surface area (Å²) in [4.78, 5) is 0. The van der Waals surface area contributed by atoms with E-state index in [4.69, 9.17) is 27.9 Å². The lowest BCUT2D eigenvalue weighted by molar-refractivity contribution is 0.414. The number of hydrogen-bond acceptors (Lipinski definition) is 1. The molecule has 1 rings (SSSR count). The number of benzene rings is 1. The molecule has 4 heteroatoms. The van der Waals surface area contributed by atoms with Crippen molar-refractivity contribution < 1.29 is 4.74 Å². The molecule has 0 unspecified atom stereocenters. The zero-order valence-electron chi connectivity index (χ0n) is 6.40. The van der Waals surface area contributed by atoms with Crippen molar-refractivity contribution in [1.29, 1.82) is 0 Å². The van der Waals surface area contributed by atoms with E-state index in [0.717, 1.165) is 10.0 Å². The van der Waals surface area contributed by atoms with Crippen LogP contribution in [0.2, 0.25) is 5.02 Å². The third-order valence-electron chi connectivity index (χ3n) is 1.43. The molecule has 66 valence electrons. The Morgan fingerprint density at radius 1 is 1.50 bits per heavy atom. The highest BCUT2D eigenvalue weighted by Crippen LogP contribution is 2.33. The van der Waals surface area contributed by atoms with E-state index in [1.165, 1.54) is 0 Å². The molecule has 0 N–H and O–H groups in total. The van der Waals surface area contributed by atoms with Crippen LogP contribution in [0.4, 0.5) is 0 Å². The lowest BCUT2D eigenvalue weighted by atomic mass is 10.2. The third kappa shape index (κ3) is 2.06. The zero-order valence-corrected chi connectivity index (χ0v) is 9.50. The van der Waals surface area contributed by atoms with Crippen LogP contribution in [0.5, 0.6) is 5.75 Å². The van der Waals surface area contributed by atoms with Crippen LogP contribution in [-0.4, -0.2) is 7.11 Å². The predicted molar refractivity (Wildman–Crippen MR) is 55.3 cm³/mol. The van der Waals surface area contributed by atoms with Crippen LogP contribution in [0.3, 0.4) is 0 Å². The van der Waals surface area contributed by atoms with Crippen LogP contribution >= 0.6 is 39.1 Å². The average molecular weight is 270 g/mol. The van der Waals surface area contributed by atoms with E-state index < -0.39 is 0 Å². The summed E-state index contributed by atoms with van der Waals surface area (Å²) in [6.07, 6.45) is 0. The highest BCUT2D eigenvalue weighted by molar-refractivity contribution is 9.10. The van der Waals surface area contributed by atoms with Gasteiger partial charge in [-0.15, -0.1) is 11.6 Å². The van der Waals surface area contributed by atoms with Gasteiger partial charge in [-0.05, 0) is 33.6 Å². The van der Waals surface area contributed by atoms with E-state index in [1.807, 2.05) is 12.1 Å². The summed E-state index contributed by atoms with van der Waals surface area (Å²) in [5, 5.41) is 0.575. The highest BCUT2D eigenvalue weighted by Gasteiger charge is 2.06. The van der Waals surface area contributed by atoms with Gasteiger partial charge in [0.15, 0.2) is 0 Å². The van der Waals surface area contributed by atoms with Crippen LogP contribution < -0.4 is 4.74 Å². The zero-order chi connectivity index (χ0) is 9.14. The molecule has 0 aliphatic carbocycles. The first-order valence-corrected chi connectivity index (χ1v) is 4.97. The lowest BCUT2D eigenvalue weighted by Gasteiger charge is -2.06. The molecular weight excluding hydrogens is 263 g/mol. The van der Waals surface area contributed by atoms with Gasteiger partial charge in [0.25, 0.3) is 0 Å². The summed E-state index contributed by atoms with van der Waals surface area (Å²) in [7, 11) is 1.58. The number of alkyl halides is 1. The molecule has 0 spiro atoms. The van der Waals surface area contributed by atoms with Gasteiger partial charge in [0.05, 0.1) is 12.1 Å². The van der Waals surface area contributed by atoms with E-state index in [2.05, 4.69) is 15.9 Å². The molecule has 0 atom stereocenters. The Balaban J connectivity index is 3.19. The standard InChI is InChI=1S/C8H7BrCl2O/c1-12-7-3-5(4-10)2-6(9)8(7)11/h2-3H,4H2,1H3. The van der Waals surface area contributed by atoms with Gasteiger partial charge in [0, 0.05) is 10.4 Å². The van der Waals surface area contributed by atoms with Gasteiger partial charge in [0.1, 0.15) is 5.75 Å². The quantitative estimate of drug-likeness (QED) is 0.741. The summed E-state index contributed by atoms with van der Waals surface area (Å²) in [5.74, 6) is 1.09. The molecule has 12 heavy (non-hydrogen) atoms. The van der Waals surface area contributed by atoms with Gasteiger partial charge in [0.2, 0.25) is 0 Å². The van der Waals surface area contributed by atoms with E-state index in [9.17, 15) is 0 Å². The third-order valence-corrected chi connectivity index (χ3v) is 2.98. The molecule has 0 saturated heterocycles. The fourth-order valence-electron chi connectivity index (χ4n) is 0.843. The van der Waals surface area contributed by atoms with Crippen LogP contribution in [-0.2, 0) is 5.88 Å². The second-order valence-electron chi connectivity index (χ2n) is 2.23. The minimum Gasteiger partial charge on any atom is -0.495 e. The van der Waals surface area contributed by atoms with Crippen molar-refractivity contribution in [1.82, 2.24) is 0 Å². The Bertz CT molecular complexity index is 289. The smallest absolute Gasteiger partial charge is 0.138 e. The highest BCUT2D eigenvalue weighted by atomic mass is 79.9. The molecule has 0 saturated carbocycles. The summed E-state index contributed by atoms with van der Waals surface area (Å²) in [6.45, 7) is 0. The first-order chi connectivity index (χ1) is 5.69. The van der Waals surface area contributed by atoms with Gasteiger partial charge in [-0.25, -0.2) is 0 Å². The molecule has 1 aromatic rings. The maximum atomic E-state index is 5.91. The lowest BCUT2D eigenvalue weighted by Crippen LogP contribution is -1.87. The van der Waals surface area contributed by atoms with Crippen LogP contribution in [0.15, 0.2) is 16.6 Å². The largest absolute Gasteiger partial charge is 0.495 e. The minimum absolute atomic E-state index is 0.451. The van der Waals surface area contributed by atoms with Gasteiger partial charge in [-0.3, -0.25) is 0 Å². The molecule has 0 amide bonds. The Morgan fingerprint density at radius 3 is 2.67 bits per heavy atom. The van der Waals surface area contributed by atoms with Crippen molar-refractivity contribution in [3.63, 3.8) is 0 Å². The minimum atomic E-state index is 0.451. The van der Waals surface area contributed by atoms with E-state index >= 15 is 0 Å². The second kappa shape index (κ2) is 4.35. The maximum absolute atomic E-state index is 5.91. The SMILES string of the molecule is COc1cc(CCl)cc(Br)c1Cl. The number of halogens is 3. The van der Waals surface area contributed by atoms with Gasteiger partial charge >= 0.3 is 0 Å². The number of hydrogen-bond donors (Lipinski definition) is 0. The van der Waals surface area contributed by atoms with E-state index in [0.29, 0.717) is 16.7 Å². The van der Waals surface area contributed by atoms with Crippen molar-refractivity contribution in [3.05, 3.63) is 27.2 Å².